The number of rotatable bonds is 5. The quantitative estimate of drug-likeness (QED) is 0.717. The molecule has 0 rings (SSSR count). The molecule has 5 nitrogen and oxygen atoms in total. The first-order valence-electron chi connectivity index (χ1n) is 4.89. The number of esters is 2. The molecule has 0 saturated carbocycles. The second kappa shape index (κ2) is 6.75. The molecule has 0 heterocycles. The Kier molecular flexibility index (Phi) is 6.43. The van der Waals surface area contributed by atoms with Crippen LogP contribution in [0.5, 0.6) is 0 Å². The Morgan fingerprint density at radius 2 is 1.94 bits per heavy atom. The number of thioether (sulfide) groups is 1. The predicted molar refractivity (Wildman–Crippen MR) is 63.2 cm³/mol. The highest BCUT2D eigenvalue weighted by atomic mass is 32.2. The SMILES string of the molecule is COC(=O)C(N)CSCC(=O)OC(C)(C)C. The Hall–Kier alpha value is -0.750. The lowest BCUT2D eigenvalue weighted by atomic mass is 10.2. The molecular formula is C10H19NO4S. The van der Waals surface area contributed by atoms with Crippen LogP contribution in [0.2, 0.25) is 0 Å². The highest BCUT2D eigenvalue weighted by Crippen LogP contribution is 2.10. The van der Waals surface area contributed by atoms with Gasteiger partial charge >= 0.3 is 11.9 Å². The van der Waals surface area contributed by atoms with Crippen LogP contribution in [0, 0.1) is 0 Å². The van der Waals surface area contributed by atoms with E-state index in [1.54, 1.807) is 20.8 Å². The molecule has 0 amide bonds. The Labute approximate surface area is 100 Å². The van der Waals surface area contributed by atoms with Gasteiger partial charge in [-0.3, -0.25) is 9.59 Å². The number of methoxy groups -OCH3 is 1. The van der Waals surface area contributed by atoms with Crippen LogP contribution in [0.1, 0.15) is 20.8 Å². The number of carbonyl (C=O) groups excluding carboxylic acids is 2. The molecule has 1 unspecified atom stereocenters. The Morgan fingerprint density at radius 3 is 2.38 bits per heavy atom. The number of ether oxygens (including phenoxy) is 2. The summed E-state index contributed by atoms with van der Waals surface area (Å²) in [6, 6.07) is -0.697. The van der Waals surface area contributed by atoms with E-state index >= 15 is 0 Å². The Bertz CT molecular complexity index is 250. The molecule has 0 aromatic carbocycles. The van der Waals surface area contributed by atoms with Crippen LogP contribution < -0.4 is 5.73 Å². The first-order chi connectivity index (χ1) is 7.26. The number of hydrogen-bond donors (Lipinski definition) is 1. The van der Waals surface area contributed by atoms with E-state index in [0.717, 1.165) is 0 Å². The van der Waals surface area contributed by atoms with Gasteiger partial charge in [-0.1, -0.05) is 0 Å². The third-order valence-corrected chi connectivity index (χ3v) is 2.48. The van der Waals surface area contributed by atoms with Crippen molar-refractivity contribution in [2.75, 3.05) is 18.6 Å². The van der Waals surface area contributed by atoms with Gasteiger partial charge in [-0.2, -0.15) is 0 Å². The van der Waals surface area contributed by atoms with Crippen LogP contribution in [-0.2, 0) is 19.1 Å². The van der Waals surface area contributed by atoms with E-state index in [2.05, 4.69) is 4.74 Å². The van der Waals surface area contributed by atoms with Crippen molar-refractivity contribution in [2.24, 2.45) is 5.73 Å². The molecule has 0 aliphatic heterocycles. The molecular weight excluding hydrogens is 230 g/mol. The Morgan fingerprint density at radius 1 is 1.38 bits per heavy atom. The van der Waals surface area contributed by atoms with Crippen molar-refractivity contribution in [1.82, 2.24) is 0 Å². The number of hydrogen-bond acceptors (Lipinski definition) is 6. The first-order valence-corrected chi connectivity index (χ1v) is 6.04. The third kappa shape index (κ3) is 7.53. The fraction of sp³-hybridized carbons (Fsp3) is 0.800. The molecule has 0 aromatic heterocycles. The second-order valence-corrected chi connectivity index (χ2v) is 5.26. The molecule has 0 saturated heterocycles. The lowest BCUT2D eigenvalue weighted by Crippen LogP contribution is -2.34. The minimum atomic E-state index is -0.697. The van der Waals surface area contributed by atoms with Crippen LogP contribution in [0.15, 0.2) is 0 Å². The second-order valence-electron chi connectivity index (χ2n) is 4.23. The van der Waals surface area contributed by atoms with E-state index in [-0.39, 0.29) is 11.7 Å². The van der Waals surface area contributed by atoms with Crippen LogP contribution >= 0.6 is 11.8 Å². The molecule has 16 heavy (non-hydrogen) atoms. The van der Waals surface area contributed by atoms with Gasteiger partial charge in [0.25, 0.3) is 0 Å². The minimum Gasteiger partial charge on any atom is -0.468 e. The largest absolute Gasteiger partial charge is 0.468 e. The molecule has 2 N–H and O–H groups in total. The number of carbonyl (C=O) groups is 2. The molecule has 0 spiro atoms. The van der Waals surface area contributed by atoms with E-state index < -0.39 is 17.6 Å². The van der Waals surface area contributed by atoms with Crippen LogP contribution in [-0.4, -0.2) is 42.2 Å². The number of nitrogens with two attached hydrogens (primary N) is 1. The van der Waals surface area contributed by atoms with Crippen LogP contribution in [0.3, 0.4) is 0 Å². The van der Waals surface area contributed by atoms with Crippen molar-refractivity contribution < 1.29 is 19.1 Å². The van der Waals surface area contributed by atoms with Gasteiger partial charge in [0, 0.05) is 5.75 Å². The first kappa shape index (κ1) is 15.2. The van der Waals surface area contributed by atoms with Gasteiger partial charge in [0.05, 0.1) is 12.9 Å². The zero-order valence-electron chi connectivity index (χ0n) is 10.1. The summed E-state index contributed by atoms with van der Waals surface area (Å²) in [7, 11) is 1.28. The zero-order valence-corrected chi connectivity index (χ0v) is 10.9. The van der Waals surface area contributed by atoms with Gasteiger partial charge in [0.2, 0.25) is 0 Å². The van der Waals surface area contributed by atoms with Gasteiger partial charge in [0.15, 0.2) is 0 Å². The van der Waals surface area contributed by atoms with Crippen molar-refractivity contribution >= 4 is 23.7 Å². The molecule has 0 radical (unpaired) electrons. The summed E-state index contributed by atoms with van der Waals surface area (Å²) in [5, 5.41) is 0. The van der Waals surface area contributed by atoms with Gasteiger partial charge in [0.1, 0.15) is 11.6 Å². The van der Waals surface area contributed by atoms with Gasteiger partial charge in [-0.15, -0.1) is 11.8 Å². The monoisotopic (exact) mass is 249 g/mol. The van der Waals surface area contributed by atoms with E-state index in [1.165, 1.54) is 18.9 Å². The topological polar surface area (TPSA) is 78.6 Å². The molecule has 0 bridgehead atoms. The molecule has 0 aliphatic carbocycles. The molecule has 1 atom stereocenters. The smallest absolute Gasteiger partial charge is 0.323 e. The van der Waals surface area contributed by atoms with Crippen molar-refractivity contribution in [3.05, 3.63) is 0 Å². The fourth-order valence-electron chi connectivity index (χ4n) is 0.860. The van der Waals surface area contributed by atoms with Crippen LogP contribution in [0.4, 0.5) is 0 Å². The minimum absolute atomic E-state index is 0.183. The summed E-state index contributed by atoms with van der Waals surface area (Å²) in [5.74, 6) is -0.264. The van der Waals surface area contributed by atoms with E-state index in [0.29, 0.717) is 5.75 Å². The zero-order chi connectivity index (χ0) is 12.8. The van der Waals surface area contributed by atoms with Crippen molar-refractivity contribution in [1.29, 1.82) is 0 Å². The molecule has 0 fully saturated rings. The van der Waals surface area contributed by atoms with E-state index in [1.807, 2.05) is 0 Å². The summed E-state index contributed by atoms with van der Waals surface area (Å²) in [4.78, 5) is 22.2. The average Bonchev–Trinajstić information content (AvgIpc) is 2.13. The standard InChI is InChI=1S/C10H19NO4S/c1-10(2,3)15-8(12)6-16-5-7(11)9(13)14-4/h7H,5-6,11H2,1-4H3. The molecule has 0 aliphatic rings. The maximum atomic E-state index is 11.3. The summed E-state index contributed by atoms with van der Waals surface area (Å²) in [6.45, 7) is 5.40. The lowest BCUT2D eigenvalue weighted by molar-refractivity contribution is -0.151. The van der Waals surface area contributed by atoms with Crippen molar-refractivity contribution in [2.45, 2.75) is 32.4 Å². The van der Waals surface area contributed by atoms with Gasteiger partial charge < -0.3 is 15.2 Å². The maximum Gasteiger partial charge on any atom is 0.323 e. The highest BCUT2D eigenvalue weighted by molar-refractivity contribution is 8.00. The normalized spacial score (nSPS) is 13.1. The predicted octanol–water partition coefficient (Wildman–Crippen LogP) is 0.562. The Balaban J connectivity index is 3.74. The van der Waals surface area contributed by atoms with Gasteiger partial charge in [-0.25, -0.2) is 0 Å². The summed E-state index contributed by atoms with van der Waals surface area (Å²) >= 11 is 1.25. The van der Waals surface area contributed by atoms with Gasteiger partial charge in [-0.05, 0) is 20.8 Å². The summed E-state index contributed by atoms with van der Waals surface area (Å²) in [5.41, 5.74) is 5.01. The van der Waals surface area contributed by atoms with E-state index in [4.69, 9.17) is 10.5 Å². The maximum absolute atomic E-state index is 11.3. The fourth-order valence-corrected chi connectivity index (χ4v) is 1.59. The van der Waals surface area contributed by atoms with Crippen molar-refractivity contribution in [3.8, 4) is 0 Å². The van der Waals surface area contributed by atoms with Crippen LogP contribution in [0.25, 0.3) is 0 Å². The molecule has 6 heteroatoms. The highest BCUT2D eigenvalue weighted by Gasteiger charge is 2.18. The summed E-state index contributed by atoms with van der Waals surface area (Å²) < 4.78 is 9.55. The summed E-state index contributed by atoms with van der Waals surface area (Å²) in [6.07, 6.45) is 0. The van der Waals surface area contributed by atoms with E-state index in [9.17, 15) is 9.59 Å². The third-order valence-electron chi connectivity index (χ3n) is 1.44. The van der Waals surface area contributed by atoms with Crippen molar-refractivity contribution in [3.63, 3.8) is 0 Å². The molecule has 94 valence electrons. The lowest BCUT2D eigenvalue weighted by Gasteiger charge is -2.19. The average molecular weight is 249 g/mol. The molecule has 0 aromatic rings.